The van der Waals surface area contributed by atoms with Gasteiger partial charge in [0.15, 0.2) is 10.8 Å². The number of benzene rings is 1. The van der Waals surface area contributed by atoms with Gasteiger partial charge in [0.05, 0.1) is 10.2 Å². The Bertz CT molecular complexity index is 959. The number of carbonyl (C=O) groups is 1. The summed E-state index contributed by atoms with van der Waals surface area (Å²) in [6.07, 6.45) is 1.80. The number of aromatic nitrogens is 3. The SMILES string of the molecule is CCc1cccc2sc(N(CCCN(C)C)C(=O)c3cc(C)n(CC)n3)nc12. The fourth-order valence-corrected chi connectivity index (χ4v) is 4.33. The summed E-state index contributed by atoms with van der Waals surface area (Å²) in [5.41, 5.74) is 3.70. The summed E-state index contributed by atoms with van der Waals surface area (Å²) in [7, 11) is 4.09. The molecule has 1 amide bonds. The first-order valence-corrected chi connectivity index (χ1v) is 10.7. The van der Waals surface area contributed by atoms with Crippen LogP contribution in [-0.4, -0.2) is 52.8 Å². The second kappa shape index (κ2) is 8.84. The molecule has 0 spiro atoms. The maximum absolute atomic E-state index is 13.3. The Morgan fingerprint density at radius 3 is 2.64 bits per heavy atom. The Morgan fingerprint density at radius 1 is 1.21 bits per heavy atom. The molecular formula is C21H29N5OS. The van der Waals surface area contributed by atoms with Gasteiger partial charge in [-0.25, -0.2) is 4.98 Å². The Hall–Kier alpha value is -2.25. The molecule has 1 aromatic carbocycles. The summed E-state index contributed by atoms with van der Waals surface area (Å²) in [4.78, 5) is 22.1. The van der Waals surface area contributed by atoms with E-state index in [-0.39, 0.29) is 5.91 Å². The second-order valence-electron chi connectivity index (χ2n) is 7.21. The molecule has 0 N–H and O–H groups in total. The van der Waals surface area contributed by atoms with E-state index in [1.165, 1.54) is 5.56 Å². The molecule has 0 aliphatic carbocycles. The van der Waals surface area contributed by atoms with E-state index in [0.29, 0.717) is 12.2 Å². The number of hydrogen-bond acceptors (Lipinski definition) is 5. The molecule has 0 aliphatic rings. The van der Waals surface area contributed by atoms with E-state index >= 15 is 0 Å². The van der Waals surface area contributed by atoms with Gasteiger partial charge < -0.3 is 4.90 Å². The van der Waals surface area contributed by atoms with Gasteiger partial charge in [0.2, 0.25) is 0 Å². The molecule has 0 fully saturated rings. The Balaban J connectivity index is 1.97. The van der Waals surface area contributed by atoms with Crippen molar-refractivity contribution in [3.8, 4) is 0 Å². The highest BCUT2D eigenvalue weighted by atomic mass is 32.1. The minimum absolute atomic E-state index is 0.0776. The van der Waals surface area contributed by atoms with E-state index in [2.05, 4.69) is 35.1 Å². The number of hydrogen-bond donors (Lipinski definition) is 0. The average Bonchev–Trinajstić information content (AvgIpc) is 3.27. The van der Waals surface area contributed by atoms with Crippen molar-refractivity contribution in [3.05, 3.63) is 41.2 Å². The number of anilines is 1. The number of amides is 1. The van der Waals surface area contributed by atoms with Gasteiger partial charge in [-0.1, -0.05) is 30.4 Å². The first-order valence-electron chi connectivity index (χ1n) is 9.84. The number of carbonyl (C=O) groups excluding carboxylic acids is 1. The van der Waals surface area contributed by atoms with Gasteiger partial charge in [-0.05, 0) is 65.0 Å². The zero-order valence-electron chi connectivity index (χ0n) is 17.4. The topological polar surface area (TPSA) is 54.3 Å². The Labute approximate surface area is 170 Å². The molecule has 150 valence electrons. The fourth-order valence-electron chi connectivity index (χ4n) is 3.30. The molecule has 3 aromatic rings. The number of rotatable bonds is 8. The van der Waals surface area contributed by atoms with Crippen molar-refractivity contribution in [1.29, 1.82) is 0 Å². The van der Waals surface area contributed by atoms with E-state index in [4.69, 9.17) is 4.98 Å². The van der Waals surface area contributed by atoms with Crippen molar-refractivity contribution in [3.63, 3.8) is 0 Å². The maximum atomic E-state index is 13.3. The first-order chi connectivity index (χ1) is 13.4. The lowest BCUT2D eigenvalue weighted by Gasteiger charge is -2.20. The molecule has 7 heteroatoms. The molecule has 0 radical (unpaired) electrons. The monoisotopic (exact) mass is 399 g/mol. The lowest BCUT2D eigenvalue weighted by Crippen LogP contribution is -2.33. The smallest absolute Gasteiger partial charge is 0.280 e. The minimum atomic E-state index is -0.0776. The van der Waals surface area contributed by atoms with Crippen molar-refractivity contribution < 1.29 is 4.79 Å². The van der Waals surface area contributed by atoms with Gasteiger partial charge in [-0.15, -0.1) is 0 Å². The van der Waals surface area contributed by atoms with Crippen LogP contribution in [0.3, 0.4) is 0 Å². The molecule has 0 saturated carbocycles. The van der Waals surface area contributed by atoms with Crippen LogP contribution in [0, 0.1) is 6.92 Å². The van der Waals surface area contributed by atoms with Gasteiger partial charge in [0, 0.05) is 18.8 Å². The first kappa shape index (κ1) is 20.5. The van der Waals surface area contributed by atoms with Crippen LogP contribution in [0.4, 0.5) is 5.13 Å². The molecule has 0 aliphatic heterocycles. The predicted octanol–water partition coefficient (Wildman–Crippen LogP) is 3.98. The molecule has 2 aromatic heterocycles. The number of aryl methyl sites for hydroxylation is 3. The van der Waals surface area contributed by atoms with Crippen LogP contribution < -0.4 is 4.90 Å². The maximum Gasteiger partial charge on any atom is 0.280 e. The standard InChI is InChI=1S/C21H29N5OS/c1-6-16-10-8-11-18-19(16)22-21(28-18)25(13-9-12-24(4)5)20(27)17-14-15(3)26(7-2)23-17/h8,10-11,14H,6-7,9,12-13H2,1-5H3. The molecular weight excluding hydrogens is 370 g/mol. The number of para-hydroxylation sites is 1. The highest BCUT2D eigenvalue weighted by Crippen LogP contribution is 2.32. The van der Waals surface area contributed by atoms with Gasteiger partial charge in [0.25, 0.3) is 5.91 Å². The third kappa shape index (κ3) is 4.25. The third-order valence-corrected chi connectivity index (χ3v) is 5.88. The van der Waals surface area contributed by atoms with Gasteiger partial charge >= 0.3 is 0 Å². The Kier molecular flexibility index (Phi) is 6.46. The van der Waals surface area contributed by atoms with E-state index in [1.807, 2.05) is 38.7 Å². The lowest BCUT2D eigenvalue weighted by molar-refractivity contribution is 0.0980. The highest BCUT2D eigenvalue weighted by molar-refractivity contribution is 7.22. The predicted molar refractivity (Wildman–Crippen MR) is 116 cm³/mol. The average molecular weight is 400 g/mol. The van der Waals surface area contributed by atoms with Crippen molar-refractivity contribution in [1.82, 2.24) is 19.7 Å². The molecule has 3 rings (SSSR count). The normalized spacial score (nSPS) is 11.5. The van der Waals surface area contributed by atoms with Crippen LogP contribution in [0.25, 0.3) is 10.2 Å². The van der Waals surface area contributed by atoms with Crippen LogP contribution in [0.1, 0.15) is 42.0 Å². The van der Waals surface area contributed by atoms with Crippen molar-refractivity contribution in [2.24, 2.45) is 0 Å². The van der Waals surface area contributed by atoms with E-state index in [9.17, 15) is 4.79 Å². The third-order valence-electron chi connectivity index (χ3n) is 4.84. The summed E-state index contributed by atoms with van der Waals surface area (Å²) in [6.45, 7) is 8.43. The largest absolute Gasteiger partial charge is 0.309 e. The highest BCUT2D eigenvalue weighted by Gasteiger charge is 2.24. The molecule has 2 heterocycles. The van der Waals surface area contributed by atoms with E-state index in [0.717, 1.165) is 47.0 Å². The zero-order valence-corrected chi connectivity index (χ0v) is 18.2. The van der Waals surface area contributed by atoms with Crippen molar-refractivity contribution in [2.75, 3.05) is 32.1 Å². The van der Waals surface area contributed by atoms with Crippen LogP contribution in [0.5, 0.6) is 0 Å². The van der Waals surface area contributed by atoms with Gasteiger partial charge in [-0.3, -0.25) is 14.4 Å². The van der Waals surface area contributed by atoms with Crippen molar-refractivity contribution >= 4 is 32.6 Å². The van der Waals surface area contributed by atoms with Crippen LogP contribution in [-0.2, 0) is 13.0 Å². The Morgan fingerprint density at radius 2 is 2.00 bits per heavy atom. The molecule has 0 unspecified atom stereocenters. The number of fused-ring (bicyclic) bond motifs is 1. The fraction of sp³-hybridized carbons (Fsp3) is 0.476. The van der Waals surface area contributed by atoms with Crippen LogP contribution in [0.2, 0.25) is 0 Å². The van der Waals surface area contributed by atoms with E-state index in [1.54, 1.807) is 16.2 Å². The summed E-state index contributed by atoms with van der Waals surface area (Å²) < 4.78 is 2.98. The summed E-state index contributed by atoms with van der Waals surface area (Å²) in [5.74, 6) is -0.0776. The van der Waals surface area contributed by atoms with Gasteiger partial charge in [0.1, 0.15) is 0 Å². The van der Waals surface area contributed by atoms with E-state index < -0.39 is 0 Å². The minimum Gasteiger partial charge on any atom is -0.309 e. The number of nitrogens with zero attached hydrogens (tertiary/aromatic N) is 5. The molecule has 0 bridgehead atoms. The quantitative estimate of drug-likeness (QED) is 0.575. The number of thiazole rings is 1. The molecule has 6 nitrogen and oxygen atoms in total. The van der Waals surface area contributed by atoms with Gasteiger partial charge in [-0.2, -0.15) is 5.10 Å². The molecule has 0 atom stereocenters. The summed E-state index contributed by atoms with van der Waals surface area (Å²) >= 11 is 1.58. The zero-order chi connectivity index (χ0) is 20.3. The van der Waals surface area contributed by atoms with Crippen LogP contribution in [0.15, 0.2) is 24.3 Å². The van der Waals surface area contributed by atoms with Crippen molar-refractivity contribution in [2.45, 2.75) is 40.2 Å². The molecule has 28 heavy (non-hydrogen) atoms. The lowest BCUT2D eigenvalue weighted by atomic mass is 10.1. The van der Waals surface area contributed by atoms with Crippen LogP contribution >= 0.6 is 11.3 Å². The summed E-state index contributed by atoms with van der Waals surface area (Å²) in [6, 6.07) is 8.12. The summed E-state index contributed by atoms with van der Waals surface area (Å²) in [5, 5.41) is 5.25. The second-order valence-corrected chi connectivity index (χ2v) is 8.22. The molecule has 0 saturated heterocycles.